The summed E-state index contributed by atoms with van der Waals surface area (Å²) in [6.45, 7) is 4.68. The molecule has 0 aliphatic carbocycles. The van der Waals surface area contributed by atoms with E-state index in [0.29, 0.717) is 17.4 Å². The molecule has 8 nitrogen and oxygen atoms in total. The van der Waals surface area contributed by atoms with E-state index in [9.17, 15) is 19.4 Å². The largest absolute Gasteiger partial charge is 0.472 e. The highest BCUT2D eigenvalue weighted by atomic mass is 31.2. The summed E-state index contributed by atoms with van der Waals surface area (Å²) < 4.78 is 23.8. The summed E-state index contributed by atoms with van der Waals surface area (Å²) in [7, 11) is 1.53. The number of phosphoric ester groups is 1. The molecule has 0 saturated carbocycles. The molecule has 0 aromatic carbocycles. The lowest BCUT2D eigenvalue weighted by Gasteiger charge is -2.25. The number of rotatable bonds is 68. The van der Waals surface area contributed by atoms with Gasteiger partial charge in [0, 0.05) is 6.42 Å². The standard InChI is InChI=1S/C83H143N2O6P/c1-6-8-10-12-14-16-18-20-22-24-26-28-30-32-34-36-38-39-40-41-42-43-44-45-47-49-51-53-55-57-59-61-63-65-67-69-71-73-75-77-83(87)84-81(80-91-92(88,89)90-79-78-85(3,4)5)82(86)76-74-72-70-68-66-64-62-60-58-56-54-52-50-48-46-37-35-33-31-29-27-25-23-21-19-17-15-13-11-9-7-2/h8,10,14,16,20,22,26,28,32,34,38-39,41-42,44-45,49,51,55,57,61,63,66,68,74,76,81-82,86H,6-7,9,11-13,15,17-19,21,23-25,27,29-31,33,35-37,40,43,46-48,50,52-54,56,58-60,62,64-65,67,69-73,75,77-80H2,1-5H3,(H-,84,87,88,89)/p+1/b10-8-,16-14-,22-20-,28-26-,34-32-,39-38-,42-41-,45-44-,51-49-,57-55-,63-61-,68-66+,76-74+. The number of hydrogen-bond acceptors (Lipinski definition) is 5. The zero-order valence-corrected chi connectivity index (χ0v) is 61.1. The summed E-state index contributed by atoms with van der Waals surface area (Å²) in [6, 6.07) is -0.888. The fourth-order valence-electron chi connectivity index (χ4n) is 10.4. The molecule has 0 rings (SSSR count). The Balaban J connectivity index is 4.19. The van der Waals surface area contributed by atoms with Crippen molar-refractivity contribution >= 4 is 13.7 Å². The number of unbranched alkanes of at least 4 members (excludes halogenated alkanes) is 31. The van der Waals surface area contributed by atoms with Crippen LogP contribution in [0.3, 0.4) is 0 Å². The van der Waals surface area contributed by atoms with Crippen LogP contribution in [0.25, 0.3) is 0 Å². The van der Waals surface area contributed by atoms with Crippen LogP contribution in [0.5, 0.6) is 0 Å². The quantitative estimate of drug-likeness (QED) is 0.0243. The second kappa shape index (κ2) is 71.4. The number of likely N-dealkylation sites (N-methyl/N-ethyl adjacent to an activating group) is 1. The summed E-state index contributed by atoms with van der Waals surface area (Å²) in [6.07, 6.45) is 111. The number of carbonyl (C=O) groups excluding carboxylic acids is 1. The van der Waals surface area contributed by atoms with Gasteiger partial charge in [-0.05, 0) is 116 Å². The zero-order chi connectivity index (χ0) is 66.9. The molecule has 1 amide bonds. The maximum Gasteiger partial charge on any atom is 0.472 e. The number of hydrogen-bond donors (Lipinski definition) is 3. The van der Waals surface area contributed by atoms with Gasteiger partial charge >= 0.3 is 7.82 Å². The smallest absolute Gasteiger partial charge is 0.387 e. The van der Waals surface area contributed by atoms with Gasteiger partial charge in [0.1, 0.15) is 13.2 Å². The SMILES string of the molecule is CC/C=C\C/C=C\C/C=C\C/C=C\C/C=C\C/C=C\C/C=C\C/C=C\C/C=C\C/C=C\C/C=C\CCCCCCCC(=O)NC(COP(=O)(O)OCC[N+](C)(C)C)C(O)/C=C/CC/C=C/CCCCCCCCCCCCCCCCCCCCCCCCCCC. The summed E-state index contributed by atoms with van der Waals surface area (Å²) in [4.78, 5) is 23.4. The molecule has 0 heterocycles. The number of carbonyl (C=O) groups is 1. The maximum absolute atomic E-state index is 13.1. The number of aliphatic hydroxyl groups excluding tert-OH is 1. The summed E-state index contributed by atoms with van der Waals surface area (Å²) >= 11 is 0. The first-order valence-electron chi connectivity index (χ1n) is 37.9. The minimum Gasteiger partial charge on any atom is -0.387 e. The van der Waals surface area contributed by atoms with E-state index in [4.69, 9.17) is 9.05 Å². The van der Waals surface area contributed by atoms with Crippen LogP contribution in [-0.4, -0.2) is 73.4 Å². The number of quaternary nitrogens is 1. The molecule has 0 radical (unpaired) electrons. The number of nitrogens with one attached hydrogen (secondary N) is 1. The monoisotopic (exact) mass is 1300 g/mol. The van der Waals surface area contributed by atoms with Crippen LogP contribution < -0.4 is 5.32 Å². The van der Waals surface area contributed by atoms with Crippen LogP contribution in [-0.2, 0) is 18.4 Å². The first-order valence-corrected chi connectivity index (χ1v) is 39.4. The van der Waals surface area contributed by atoms with Crippen molar-refractivity contribution in [3.8, 4) is 0 Å². The summed E-state index contributed by atoms with van der Waals surface area (Å²) in [5, 5.41) is 14.0. The van der Waals surface area contributed by atoms with Crippen LogP contribution in [0, 0.1) is 0 Å². The van der Waals surface area contributed by atoms with Gasteiger partial charge in [0.15, 0.2) is 0 Å². The van der Waals surface area contributed by atoms with Crippen molar-refractivity contribution in [3.63, 3.8) is 0 Å². The molecular formula is C83H144N2O6P+. The summed E-state index contributed by atoms with van der Waals surface area (Å²) in [5.74, 6) is -0.209. The Morgan fingerprint density at radius 2 is 0.663 bits per heavy atom. The Labute approximate surface area is 569 Å². The van der Waals surface area contributed by atoms with Crippen LogP contribution in [0.1, 0.15) is 309 Å². The average molecular weight is 1300 g/mol. The average Bonchev–Trinajstić information content (AvgIpc) is 2.63. The molecule has 92 heavy (non-hydrogen) atoms. The molecule has 0 bridgehead atoms. The topological polar surface area (TPSA) is 105 Å². The molecule has 0 spiro atoms. The third-order valence-electron chi connectivity index (χ3n) is 16.2. The number of amides is 1. The molecule has 0 aliphatic heterocycles. The van der Waals surface area contributed by atoms with Gasteiger partial charge in [-0.25, -0.2) is 4.57 Å². The van der Waals surface area contributed by atoms with Gasteiger partial charge in [0.25, 0.3) is 0 Å². The molecule has 0 aromatic heterocycles. The van der Waals surface area contributed by atoms with Crippen LogP contribution in [0.2, 0.25) is 0 Å². The van der Waals surface area contributed by atoms with E-state index in [0.717, 1.165) is 128 Å². The van der Waals surface area contributed by atoms with Crippen molar-refractivity contribution in [2.45, 2.75) is 321 Å². The lowest BCUT2D eigenvalue weighted by molar-refractivity contribution is -0.870. The van der Waals surface area contributed by atoms with E-state index >= 15 is 0 Å². The molecule has 0 aromatic rings. The fourth-order valence-corrected chi connectivity index (χ4v) is 11.2. The lowest BCUT2D eigenvalue weighted by atomic mass is 10.0. The van der Waals surface area contributed by atoms with E-state index in [1.807, 2.05) is 27.2 Å². The summed E-state index contributed by atoms with van der Waals surface area (Å²) in [5.41, 5.74) is 0. The number of phosphoric acid groups is 1. The van der Waals surface area contributed by atoms with Crippen LogP contribution >= 0.6 is 7.82 Å². The third kappa shape index (κ3) is 73.5. The van der Waals surface area contributed by atoms with E-state index in [1.165, 1.54) is 161 Å². The fraction of sp³-hybridized carbons (Fsp3) is 0.675. The predicted octanol–water partition coefficient (Wildman–Crippen LogP) is 24.9. The molecular weight excluding hydrogens is 1150 g/mol. The Morgan fingerprint density at radius 3 is 1.00 bits per heavy atom. The Bertz CT molecular complexity index is 2060. The van der Waals surface area contributed by atoms with Crippen molar-refractivity contribution in [1.29, 1.82) is 0 Å². The Morgan fingerprint density at radius 1 is 0.380 bits per heavy atom. The molecule has 9 heteroatoms. The van der Waals surface area contributed by atoms with Crippen LogP contribution in [0.4, 0.5) is 0 Å². The van der Waals surface area contributed by atoms with Crippen molar-refractivity contribution in [2.24, 2.45) is 0 Å². The molecule has 526 valence electrons. The van der Waals surface area contributed by atoms with Gasteiger partial charge in [-0.15, -0.1) is 0 Å². The number of allylic oxidation sites excluding steroid dienone is 25. The van der Waals surface area contributed by atoms with Crippen molar-refractivity contribution in [2.75, 3.05) is 40.9 Å². The normalized spacial score (nSPS) is 14.5. The minimum atomic E-state index is -4.38. The van der Waals surface area contributed by atoms with Crippen molar-refractivity contribution in [1.82, 2.24) is 5.32 Å². The molecule has 0 fully saturated rings. The predicted molar refractivity (Wildman–Crippen MR) is 405 cm³/mol. The van der Waals surface area contributed by atoms with E-state index in [2.05, 4.69) is 165 Å². The highest BCUT2D eigenvalue weighted by Crippen LogP contribution is 2.43. The van der Waals surface area contributed by atoms with Gasteiger partial charge in [0.05, 0.1) is 39.9 Å². The van der Waals surface area contributed by atoms with E-state index in [1.54, 1.807) is 6.08 Å². The third-order valence-corrected chi connectivity index (χ3v) is 17.2. The molecule has 0 saturated heterocycles. The lowest BCUT2D eigenvalue weighted by Crippen LogP contribution is -2.45. The molecule has 3 N–H and O–H groups in total. The molecule has 3 atom stereocenters. The van der Waals surface area contributed by atoms with Crippen LogP contribution in [0.15, 0.2) is 158 Å². The Hall–Kier alpha value is -3.88. The van der Waals surface area contributed by atoms with Crippen molar-refractivity contribution < 1.29 is 32.9 Å². The maximum atomic E-state index is 13.1. The van der Waals surface area contributed by atoms with Gasteiger partial charge < -0.3 is 19.8 Å². The number of aliphatic hydroxyl groups is 1. The molecule has 3 unspecified atom stereocenters. The highest BCUT2D eigenvalue weighted by molar-refractivity contribution is 7.47. The van der Waals surface area contributed by atoms with Gasteiger partial charge in [0.2, 0.25) is 5.91 Å². The van der Waals surface area contributed by atoms with E-state index < -0.39 is 20.0 Å². The van der Waals surface area contributed by atoms with Gasteiger partial charge in [-0.3, -0.25) is 13.8 Å². The second-order valence-electron chi connectivity index (χ2n) is 26.3. The first-order chi connectivity index (χ1) is 45.0. The van der Waals surface area contributed by atoms with E-state index in [-0.39, 0.29) is 19.1 Å². The zero-order valence-electron chi connectivity index (χ0n) is 60.2. The highest BCUT2D eigenvalue weighted by Gasteiger charge is 2.28. The van der Waals surface area contributed by atoms with Crippen molar-refractivity contribution in [3.05, 3.63) is 158 Å². The second-order valence-corrected chi connectivity index (χ2v) is 27.7. The Kier molecular flexibility index (Phi) is 68.4. The van der Waals surface area contributed by atoms with Gasteiger partial charge in [-0.1, -0.05) is 345 Å². The minimum absolute atomic E-state index is 0.0440. The first kappa shape index (κ1) is 88.1. The van der Waals surface area contributed by atoms with Gasteiger partial charge in [-0.2, -0.15) is 0 Å². The number of nitrogens with zero attached hydrogens (tertiary/aromatic N) is 1. The molecule has 0 aliphatic rings.